The number of aliphatic hydroxyl groups excluding tert-OH is 1. The molecule has 1 aromatic rings. The average molecular weight is 223 g/mol. The van der Waals surface area contributed by atoms with Gasteiger partial charge in [0.25, 0.3) is 0 Å². The van der Waals surface area contributed by atoms with E-state index in [1.165, 1.54) is 6.07 Å². The highest BCUT2D eigenvalue weighted by Gasteiger charge is 2.29. The van der Waals surface area contributed by atoms with Crippen molar-refractivity contribution in [3.05, 3.63) is 29.6 Å². The van der Waals surface area contributed by atoms with Gasteiger partial charge in [-0.3, -0.25) is 0 Å². The summed E-state index contributed by atoms with van der Waals surface area (Å²) >= 11 is 0. The van der Waals surface area contributed by atoms with Crippen LogP contribution in [0, 0.1) is 5.82 Å². The monoisotopic (exact) mass is 223 g/mol. The van der Waals surface area contributed by atoms with Crippen LogP contribution < -0.4 is 4.90 Å². The molecule has 0 heterocycles. The Kier molecular flexibility index (Phi) is 3.15. The molecule has 1 aromatic carbocycles. The Hall–Kier alpha value is -1.09. The number of hydrogen-bond donors (Lipinski definition) is 1. The van der Waals surface area contributed by atoms with Crippen LogP contribution in [0.15, 0.2) is 18.2 Å². The van der Waals surface area contributed by atoms with Crippen molar-refractivity contribution in [2.45, 2.75) is 38.8 Å². The number of halogens is 1. The first-order valence-corrected chi connectivity index (χ1v) is 5.87. The molecule has 0 spiro atoms. The van der Waals surface area contributed by atoms with Crippen molar-refractivity contribution in [3.8, 4) is 0 Å². The molecular formula is C13H18FNO. The highest BCUT2D eigenvalue weighted by atomic mass is 19.1. The van der Waals surface area contributed by atoms with Gasteiger partial charge in [0.2, 0.25) is 0 Å². The van der Waals surface area contributed by atoms with Crippen LogP contribution in [-0.4, -0.2) is 17.7 Å². The third-order valence-electron chi connectivity index (χ3n) is 3.09. The van der Waals surface area contributed by atoms with E-state index >= 15 is 0 Å². The minimum absolute atomic E-state index is 0.229. The molecule has 1 N–H and O–H groups in total. The van der Waals surface area contributed by atoms with E-state index in [1.54, 1.807) is 19.1 Å². The summed E-state index contributed by atoms with van der Waals surface area (Å²) in [5.74, 6) is -0.229. The first kappa shape index (κ1) is 11.4. The maximum Gasteiger partial charge on any atom is 0.146 e. The zero-order valence-electron chi connectivity index (χ0n) is 9.78. The number of hydrogen-bond acceptors (Lipinski definition) is 2. The Morgan fingerprint density at radius 1 is 1.50 bits per heavy atom. The van der Waals surface area contributed by atoms with Crippen molar-refractivity contribution >= 4 is 5.69 Å². The average Bonchev–Trinajstić information content (AvgIpc) is 3.05. The summed E-state index contributed by atoms with van der Waals surface area (Å²) in [5.41, 5.74) is 1.29. The highest BCUT2D eigenvalue weighted by molar-refractivity contribution is 5.51. The van der Waals surface area contributed by atoms with Crippen molar-refractivity contribution in [1.29, 1.82) is 0 Å². The Labute approximate surface area is 95.7 Å². The Bertz CT molecular complexity index is 374. The summed E-state index contributed by atoms with van der Waals surface area (Å²) in [5, 5.41) is 9.38. The first-order chi connectivity index (χ1) is 7.63. The largest absolute Gasteiger partial charge is 0.389 e. The van der Waals surface area contributed by atoms with Crippen LogP contribution in [0.4, 0.5) is 10.1 Å². The molecule has 0 aromatic heterocycles. The number of anilines is 1. The normalized spacial score (nSPS) is 17.2. The lowest BCUT2D eigenvalue weighted by atomic mass is 10.1. The van der Waals surface area contributed by atoms with Crippen molar-refractivity contribution in [3.63, 3.8) is 0 Å². The molecule has 88 valence electrons. The van der Waals surface area contributed by atoms with Crippen LogP contribution in [0.2, 0.25) is 0 Å². The Morgan fingerprint density at radius 3 is 2.62 bits per heavy atom. The van der Waals surface area contributed by atoms with Crippen LogP contribution in [0.3, 0.4) is 0 Å². The lowest BCUT2D eigenvalue weighted by molar-refractivity contribution is 0.199. The van der Waals surface area contributed by atoms with Crippen LogP contribution in [0.5, 0.6) is 0 Å². The highest BCUT2D eigenvalue weighted by Crippen LogP contribution is 2.33. The van der Waals surface area contributed by atoms with Crippen molar-refractivity contribution in [1.82, 2.24) is 0 Å². The van der Waals surface area contributed by atoms with Gasteiger partial charge in [-0.2, -0.15) is 0 Å². The van der Waals surface area contributed by atoms with E-state index in [4.69, 9.17) is 0 Å². The van der Waals surface area contributed by atoms with Gasteiger partial charge in [-0.15, -0.1) is 0 Å². The Morgan fingerprint density at radius 2 is 2.19 bits per heavy atom. The zero-order chi connectivity index (χ0) is 11.7. The standard InChI is InChI=1S/C13H18FNO/c1-3-15(11-5-6-11)13-7-4-10(9(2)16)8-12(13)14/h4,7-9,11,16H,3,5-6H2,1-2H3/t9-/m0/s1. The fourth-order valence-corrected chi connectivity index (χ4v) is 2.03. The van der Waals surface area contributed by atoms with Crippen molar-refractivity contribution in [2.24, 2.45) is 0 Å². The van der Waals surface area contributed by atoms with Crippen LogP contribution in [-0.2, 0) is 0 Å². The number of benzene rings is 1. The molecule has 0 bridgehead atoms. The molecule has 1 atom stereocenters. The van der Waals surface area contributed by atoms with Gasteiger partial charge in [-0.25, -0.2) is 4.39 Å². The van der Waals surface area contributed by atoms with E-state index in [9.17, 15) is 9.50 Å². The summed E-state index contributed by atoms with van der Waals surface area (Å²) in [6.07, 6.45) is 1.70. The van der Waals surface area contributed by atoms with E-state index in [1.807, 2.05) is 6.92 Å². The predicted octanol–water partition coefficient (Wildman–Crippen LogP) is 2.87. The maximum absolute atomic E-state index is 13.9. The second-order valence-corrected chi connectivity index (χ2v) is 4.40. The van der Waals surface area contributed by atoms with Gasteiger partial charge in [0.05, 0.1) is 11.8 Å². The minimum atomic E-state index is -0.612. The van der Waals surface area contributed by atoms with E-state index in [0.717, 1.165) is 19.4 Å². The molecule has 1 aliphatic rings. The molecule has 1 aliphatic carbocycles. The van der Waals surface area contributed by atoms with Crippen molar-refractivity contribution in [2.75, 3.05) is 11.4 Å². The molecule has 0 radical (unpaired) electrons. The van der Waals surface area contributed by atoms with Gasteiger partial charge in [0.15, 0.2) is 0 Å². The molecule has 0 unspecified atom stereocenters. The molecule has 0 saturated heterocycles. The van der Waals surface area contributed by atoms with Gasteiger partial charge >= 0.3 is 0 Å². The number of nitrogens with zero attached hydrogens (tertiary/aromatic N) is 1. The molecule has 2 nitrogen and oxygen atoms in total. The van der Waals surface area contributed by atoms with Crippen LogP contribution >= 0.6 is 0 Å². The molecule has 1 fully saturated rings. The Balaban J connectivity index is 2.27. The summed E-state index contributed by atoms with van der Waals surface area (Å²) in [6.45, 7) is 4.52. The molecule has 0 aliphatic heterocycles. The van der Waals surface area contributed by atoms with E-state index in [-0.39, 0.29) is 5.82 Å². The number of rotatable bonds is 4. The van der Waals surface area contributed by atoms with Gasteiger partial charge in [0, 0.05) is 12.6 Å². The second kappa shape index (κ2) is 4.42. The van der Waals surface area contributed by atoms with E-state index in [0.29, 0.717) is 17.3 Å². The summed E-state index contributed by atoms with van der Waals surface area (Å²) < 4.78 is 13.9. The molecule has 3 heteroatoms. The lowest BCUT2D eigenvalue weighted by Gasteiger charge is -2.23. The summed E-state index contributed by atoms with van der Waals surface area (Å²) in [6, 6.07) is 5.52. The smallest absolute Gasteiger partial charge is 0.146 e. The predicted molar refractivity (Wildman–Crippen MR) is 63.1 cm³/mol. The quantitative estimate of drug-likeness (QED) is 0.848. The van der Waals surface area contributed by atoms with Gasteiger partial charge in [0.1, 0.15) is 5.82 Å². The molecule has 0 amide bonds. The second-order valence-electron chi connectivity index (χ2n) is 4.40. The van der Waals surface area contributed by atoms with Crippen molar-refractivity contribution < 1.29 is 9.50 Å². The maximum atomic E-state index is 13.9. The zero-order valence-corrected chi connectivity index (χ0v) is 9.78. The van der Waals surface area contributed by atoms with E-state index in [2.05, 4.69) is 4.90 Å². The van der Waals surface area contributed by atoms with Gasteiger partial charge in [-0.1, -0.05) is 6.07 Å². The first-order valence-electron chi connectivity index (χ1n) is 5.87. The topological polar surface area (TPSA) is 23.5 Å². The lowest BCUT2D eigenvalue weighted by Crippen LogP contribution is -2.26. The molecular weight excluding hydrogens is 205 g/mol. The van der Waals surface area contributed by atoms with Crippen LogP contribution in [0.25, 0.3) is 0 Å². The minimum Gasteiger partial charge on any atom is -0.389 e. The summed E-state index contributed by atoms with van der Waals surface area (Å²) in [4.78, 5) is 2.10. The summed E-state index contributed by atoms with van der Waals surface area (Å²) in [7, 11) is 0. The van der Waals surface area contributed by atoms with Gasteiger partial charge in [-0.05, 0) is 44.4 Å². The molecule has 1 saturated carbocycles. The number of aliphatic hydroxyl groups is 1. The SMILES string of the molecule is CCN(c1ccc([C@H](C)O)cc1F)C1CC1. The van der Waals surface area contributed by atoms with Crippen LogP contribution in [0.1, 0.15) is 38.4 Å². The molecule has 2 rings (SSSR count). The molecule has 16 heavy (non-hydrogen) atoms. The third kappa shape index (κ3) is 2.19. The van der Waals surface area contributed by atoms with Gasteiger partial charge < -0.3 is 10.0 Å². The van der Waals surface area contributed by atoms with E-state index < -0.39 is 6.10 Å². The fourth-order valence-electron chi connectivity index (χ4n) is 2.03. The fraction of sp³-hybridized carbons (Fsp3) is 0.538. The third-order valence-corrected chi connectivity index (χ3v) is 3.09.